The van der Waals surface area contributed by atoms with Crippen LogP contribution in [0.5, 0.6) is 0 Å². The van der Waals surface area contributed by atoms with Gasteiger partial charge in [-0.15, -0.1) is 11.8 Å². The zero-order valence-corrected chi connectivity index (χ0v) is 17.0. The quantitative estimate of drug-likeness (QED) is 0.485. The van der Waals surface area contributed by atoms with Crippen LogP contribution in [0.15, 0.2) is 51.8 Å². The number of nitrogens with one attached hydrogen (secondary N) is 1. The lowest BCUT2D eigenvalue weighted by Crippen LogP contribution is -2.44. The van der Waals surface area contributed by atoms with E-state index in [0.717, 1.165) is 4.90 Å². The van der Waals surface area contributed by atoms with Crippen LogP contribution >= 0.6 is 50.9 Å². The van der Waals surface area contributed by atoms with Crippen molar-refractivity contribution < 1.29 is 18.0 Å². The van der Waals surface area contributed by atoms with E-state index < -0.39 is 11.8 Å². The summed E-state index contributed by atoms with van der Waals surface area (Å²) in [5.74, 6) is 0. The predicted molar refractivity (Wildman–Crippen MR) is 102 cm³/mol. The van der Waals surface area contributed by atoms with Crippen LogP contribution in [-0.4, -0.2) is 12.4 Å². The van der Waals surface area contributed by atoms with E-state index in [4.69, 9.17) is 28.0 Å². The largest absolute Gasteiger partial charge is 0.429 e. The van der Waals surface area contributed by atoms with E-state index >= 15 is 0 Å². The summed E-state index contributed by atoms with van der Waals surface area (Å²) in [7, 11) is 0. The predicted octanol–water partition coefficient (Wildman–Crippen LogP) is 6.77. The number of thioether (sulfide) groups is 1. The molecule has 0 fully saturated rings. The van der Waals surface area contributed by atoms with Crippen molar-refractivity contribution in [1.82, 2.24) is 5.48 Å². The average molecular weight is 485 g/mol. The first-order chi connectivity index (χ1) is 12.2. The molecule has 2 aromatic carbocycles. The number of benzene rings is 2. The first-order valence-corrected chi connectivity index (χ1v) is 9.98. The van der Waals surface area contributed by atoms with Crippen molar-refractivity contribution >= 4 is 56.6 Å². The number of hydrogen-bond donors (Lipinski definition) is 1. The van der Waals surface area contributed by atoms with Gasteiger partial charge in [0.15, 0.2) is 0 Å². The van der Waals surface area contributed by atoms with Crippen LogP contribution in [0.3, 0.4) is 0 Å². The van der Waals surface area contributed by atoms with Gasteiger partial charge >= 0.3 is 6.18 Å². The lowest BCUT2D eigenvalue weighted by Gasteiger charge is -2.30. The fourth-order valence-corrected chi connectivity index (χ4v) is 4.40. The molecule has 9 heteroatoms. The van der Waals surface area contributed by atoms with E-state index in [1.165, 1.54) is 30.0 Å². The first-order valence-electron chi connectivity index (χ1n) is 7.21. The molecule has 2 aromatic rings. The summed E-state index contributed by atoms with van der Waals surface area (Å²) in [6.07, 6.45) is -2.85. The molecule has 1 unspecified atom stereocenters. The molecule has 26 heavy (non-hydrogen) atoms. The molecule has 0 saturated carbocycles. The Hall–Kier alpha value is -0.860. The van der Waals surface area contributed by atoms with E-state index in [2.05, 4.69) is 21.4 Å². The Labute approximate surface area is 170 Å². The SMILES string of the molecule is CSc1ccc(C2=C(Br)C(c3cc(Cl)cc(Cl)c3)(C(F)(F)F)ON2)cc1. The fraction of sp³-hybridized carbons (Fsp3) is 0.176. The second-order valence-electron chi connectivity index (χ2n) is 5.46. The third kappa shape index (κ3) is 3.36. The van der Waals surface area contributed by atoms with Gasteiger partial charge in [0, 0.05) is 26.1 Å². The zero-order valence-electron chi connectivity index (χ0n) is 13.1. The summed E-state index contributed by atoms with van der Waals surface area (Å²) in [4.78, 5) is 6.11. The van der Waals surface area contributed by atoms with E-state index in [1.54, 1.807) is 12.1 Å². The summed E-state index contributed by atoms with van der Waals surface area (Å²) in [5.41, 5.74) is 0.172. The summed E-state index contributed by atoms with van der Waals surface area (Å²) in [5, 5.41) is 0.163. The second-order valence-corrected chi connectivity index (χ2v) is 8.00. The number of rotatable bonds is 3. The molecule has 0 radical (unpaired) electrons. The second kappa shape index (κ2) is 7.28. The van der Waals surface area contributed by atoms with Gasteiger partial charge in [0.2, 0.25) is 5.60 Å². The van der Waals surface area contributed by atoms with Crippen LogP contribution in [0, 0.1) is 0 Å². The lowest BCUT2D eigenvalue weighted by molar-refractivity contribution is -0.270. The Kier molecular flexibility index (Phi) is 5.57. The van der Waals surface area contributed by atoms with E-state index in [0.29, 0.717) is 5.56 Å². The Morgan fingerprint density at radius 1 is 1.08 bits per heavy atom. The third-order valence-electron chi connectivity index (χ3n) is 3.88. The molecular formula is C17H11BrCl2F3NOS. The van der Waals surface area contributed by atoms with Gasteiger partial charge in [0.05, 0.1) is 10.2 Å². The number of hydroxylamine groups is 1. The molecule has 0 aromatic heterocycles. The maximum atomic E-state index is 14.1. The lowest BCUT2D eigenvalue weighted by atomic mass is 9.91. The number of hydrogen-bond acceptors (Lipinski definition) is 3. The number of alkyl halides is 3. The molecule has 2 nitrogen and oxygen atoms in total. The van der Waals surface area contributed by atoms with Crippen molar-refractivity contribution in [3.63, 3.8) is 0 Å². The third-order valence-corrected chi connectivity index (χ3v) is 6.02. The highest BCUT2D eigenvalue weighted by molar-refractivity contribution is 9.12. The van der Waals surface area contributed by atoms with Crippen molar-refractivity contribution in [2.75, 3.05) is 6.26 Å². The molecule has 1 aliphatic rings. The van der Waals surface area contributed by atoms with Crippen LogP contribution in [0.25, 0.3) is 5.70 Å². The van der Waals surface area contributed by atoms with Crippen LogP contribution in [0.2, 0.25) is 10.0 Å². The standard InChI is InChI=1S/C17H11BrCl2F3NOS/c1-26-13-4-2-9(3-5-13)14-15(18)16(25-24-14,17(21,22)23)10-6-11(19)8-12(20)7-10/h2-8,24H,1H3. The minimum atomic E-state index is -4.77. The van der Waals surface area contributed by atoms with Crippen LogP contribution in [0.4, 0.5) is 13.2 Å². The smallest absolute Gasteiger partial charge is 0.264 e. The van der Waals surface area contributed by atoms with Gasteiger partial charge in [-0.05, 0) is 52.5 Å². The highest BCUT2D eigenvalue weighted by atomic mass is 79.9. The van der Waals surface area contributed by atoms with Crippen molar-refractivity contribution in [2.24, 2.45) is 0 Å². The molecule has 1 N–H and O–H groups in total. The molecule has 1 heterocycles. The van der Waals surface area contributed by atoms with Crippen molar-refractivity contribution in [3.05, 3.63) is 68.1 Å². The normalized spacial score (nSPS) is 20.4. The summed E-state index contributed by atoms with van der Waals surface area (Å²) in [6, 6.07) is 10.8. The molecule has 0 spiro atoms. The Morgan fingerprint density at radius 3 is 2.15 bits per heavy atom. The van der Waals surface area contributed by atoms with Gasteiger partial charge in [0.1, 0.15) is 0 Å². The molecule has 0 bridgehead atoms. The van der Waals surface area contributed by atoms with Crippen molar-refractivity contribution in [3.8, 4) is 0 Å². The van der Waals surface area contributed by atoms with Gasteiger partial charge in [-0.3, -0.25) is 5.48 Å². The van der Waals surface area contributed by atoms with Gasteiger partial charge in [-0.1, -0.05) is 35.3 Å². The Balaban J connectivity index is 2.18. The maximum Gasteiger partial charge on any atom is 0.429 e. The van der Waals surface area contributed by atoms with Crippen molar-refractivity contribution in [2.45, 2.75) is 16.7 Å². The van der Waals surface area contributed by atoms with E-state index in [1.807, 2.05) is 18.4 Å². The topological polar surface area (TPSA) is 21.3 Å². The van der Waals surface area contributed by atoms with Crippen LogP contribution in [0.1, 0.15) is 11.1 Å². The summed E-state index contributed by atoms with van der Waals surface area (Å²) >= 11 is 16.5. The zero-order chi connectivity index (χ0) is 19.1. The van der Waals surface area contributed by atoms with Crippen molar-refractivity contribution in [1.29, 1.82) is 0 Å². The van der Waals surface area contributed by atoms with Crippen LogP contribution in [-0.2, 0) is 10.4 Å². The molecule has 0 aliphatic carbocycles. The fourth-order valence-electron chi connectivity index (χ4n) is 2.63. The van der Waals surface area contributed by atoms with Gasteiger partial charge in [-0.25, -0.2) is 4.84 Å². The van der Waals surface area contributed by atoms with Gasteiger partial charge in [0.25, 0.3) is 0 Å². The molecule has 138 valence electrons. The molecule has 3 rings (SSSR count). The maximum absolute atomic E-state index is 14.1. The molecular weight excluding hydrogens is 474 g/mol. The average Bonchev–Trinajstić information content (AvgIpc) is 2.92. The van der Waals surface area contributed by atoms with Gasteiger partial charge < -0.3 is 0 Å². The Bertz CT molecular complexity index is 853. The monoisotopic (exact) mass is 483 g/mol. The van der Waals surface area contributed by atoms with Crippen LogP contribution < -0.4 is 5.48 Å². The molecule has 0 amide bonds. The number of halogens is 6. The van der Waals surface area contributed by atoms with E-state index in [-0.39, 0.29) is 25.8 Å². The first kappa shape index (κ1) is 19.9. The highest BCUT2D eigenvalue weighted by Gasteiger charge is 2.64. The Morgan fingerprint density at radius 2 is 1.65 bits per heavy atom. The summed E-state index contributed by atoms with van der Waals surface area (Å²) < 4.78 is 42.1. The summed E-state index contributed by atoms with van der Waals surface area (Å²) in [6.45, 7) is 0. The minimum absolute atomic E-state index is 0.0813. The molecule has 1 atom stereocenters. The molecule has 1 aliphatic heterocycles. The molecule has 0 saturated heterocycles. The highest BCUT2D eigenvalue weighted by Crippen LogP contribution is 2.54. The van der Waals surface area contributed by atoms with Gasteiger partial charge in [-0.2, -0.15) is 13.2 Å². The minimum Gasteiger partial charge on any atom is -0.264 e. The van der Waals surface area contributed by atoms with E-state index in [9.17, 15) is 13.2 Å².